The standard InChI is InChI=1S/C18H18O3/c1-3-4-12-5-7-13(8-6-12)15-11-14-9-10-16(21-14)17(15)18(19)20-2/h5-8,14,16H,9-11H2,1-2H3/t14?,16-/m0/s1. The van der Waals surface area contributed by atoms with Crippen LogP contribution in [0, 0.1) is 11.8 Å². The summed E-state index contributed by atoms with van der Waals surface area (Å²) in [5.74, 6) is 5.65. The highest BCUT2D eigenvalue weighted by Crippen LogP contribution is 2.41. The number of rotatable bonds is 2. The summed E-state index contributed by atoms with van der Waals surface area (Å²) in [5, 5.41) is 0. The van der Waals surface area contributed by atoms with E-state index in [4.69, 9.17) is 9.47 Å². The van der Waals surface area contributed by atoms with E-state index in [2.05, 4.69) is 11.8 Å². The molecule has 1 aromatic rings. The number of fused-ring (bicyclic) bond motifs is 2. The van der Waals surface area contributed by atoms with E-state index in [9.17, 15) is 4.79 Å². The van der Waals surface area contributed by atoms with Crippen LogP contribution in [-0.2, 0) is 14.3 Å². The molecule has 0 saturated carbocycles. The second kappa shape index (κ2) is 5.75. The first-order valence-electron chi connectivity index (χ1n) is 7.23. The quantitative estimate of drug-likeness (QED) is 0.618. The van der Waals surface area contributed by atoms with Crippen molar-refractivity contribution in [3.8, 4) is 11.8 Å². The Bertz CT molecular complexity index is 643. The van der Waals surface area contributed by atoms with E-state index < -0.39 is 0 Å². The van der Waals surface area contributed by atoms with Crippen LogP contribution in [0.3, 0.4) is 0 Å². The summed E-state index contributed by atoms with van der Waals surface area (Å²) in [6.07, 6.45) is 2.81. The Hall–Kier alpha value is -2.05. The largest absolute Gasteiger partial charge is 0.466 e. The summed E-state index contributed by atoms with van der Waals surface area (Å²) in [6.45, 7) is 1.82. The van der Waals surface area contributed by atoms with Crippen molar-refractivity contribution in [2.75, 3.05) is 7.11 Å². The van der Waals surface area contributed by atoms with Gasteiger partial charge in [0.2, 0.25) is 0 Å². The summed E-state index contributed by atoms with van der Waals surface area (Å²) in [4.78, 5) is 12.1. The molecule has 2 aliphatic heterocycles. The zero-order valence-corrected chi connectivity index (χ0v) is 12.3. The molecule has 3 rings (SSSR count). The zero-order chi connectivity index (χ0) is 14.8. The fraction of sp³-hybridized carbons (Fsp3) is 0.389. The maximum Gasteiger partial charge on any atom is 0.336 e. The normalized spacial score (nSPS) is 23.5. The van der Waals surface area contributed by atoms with Gasteiger partial charge < -0.3 is 9.47 Å². The molecule has 1 fully saturated rings. The van der Waals surface area contributed by atoms with Gasteiger partial charge in [-0.1, -0.05) is 18.1 Å². The Labute approximate surface area is 124 Å². The predicted molar refractivity (Wildman–Crippen MR) is 80.4 cm³/mol. The van der Waals surface area contributed by atoms with E-state index in [0.717, 1.165) is 36.0 Å². The molecule has 0 N–H and O–H groups in total. The molecule has 0 spiro atoms. The van der Waals surface area contributed by atoms with Gasteiger partial charge in [0.15, 0.2) is 0 Å². The molecule has 0 radical (unpaired) electrons. The monoisotopic (exact) mass is 282 g/mol. The molecule has 2 bridgehead atoms. The highest BCUT2D eigenvalue weighted by molar-refractivity contribution is 5.99. The number of ether oxygens (including phenoxy) is 2. The third kappa shape index (κ3) is 2.59. The minimum absolute atomic E-state index is 0.110. The van der Waals surface area contributed by atoms with Crippen LogP contribution in [0.1, 0.15) is 37.3 Å². The molecule has 1 aromatic carbocycles. The molecular formula is C18H18O3. The van der Waals surface area contributed by atoms with Crippen molar-refractivity contribution in [2.45, 2.75) is 38.4 Å². The van der Waals surface area contributed by atoms with Crippen molar-refractivity contribution < 1.29 is 14.3 Å². The number of methoxy groups -OCH3 is 1. The average molecular weight is 282 g/mol. The summed E-state index contributed by atoms with van der Waals surface area (Å²) >= 11 is 0. The van der Waals surface area contributed by atoms with Crippen LogP contribution >= 0.6 is 0 Å². The Morgan fingerprint density at radius 1 is 1.29 bits per heavy atom. The van der Waals surface area contributed by atoms with Crippen molar-refractivity contribution in [3.05, 3.63) is 41.0 Å². The molecule has 1 unspecified atom stereocenters. The number of hydrogen-bond acceptors (Lipinski definition) is 3. The summed E-state index contributed by atoms with van der Waals surface area (Å²) < 4.78 is 10.8. The lowest BCUT2D eigenvalue weighted by Gasteiger charge is -2.26. The zero-order valence-electron chi connectivity index (χ0n) is 12.3. The molecule has 108 valence electrons. The van der Waals surface area contributed by atoms with Crippen LogP contribution < -0.4 is 0 Å². The third-order valence-electron chi connectivity index (χ3n) is 4.09. The lowest BCUT2D eigenvalue weighted by atomic mass is 9.92. The molecule has 0 aliphatic carbocycles. The first kappa shape index (κ1) is 13.9. The van der Waals surface area contributed by atoms with Gasteiger partial charge in [0.25, 0.3) is 0 Å². The van der Waals surface area contributed by atoms with Crippen molar-refractivity contribution in [1.29, 1.82) is 0 Å². The van der Waals surface area contributed by atoms with Gasteiger partial charge in [-0.05, 0) is 49.5 Å². The molecule has 2 heterocycles. The Morgan fingerprint density at radius 2 is 2.05 bits per heavy atom. The number of carbonyl (C=O) groups is 1. The SMILES string of the molecule is CC#Cc1ccc(C2=C(C(=O)OC)[C@@H]3CCC(C2)O3)cc1. The van der Waals surface area contributed by atoms with E-state index in [-0.39, 0.29) is 18.2 Å². The van der Waals surface area contributed by atoms with Gasteiger partial charge in [0.05, 0.1) is 24.9 Å². The number of benzene rings is 1. The molecule has 21 heavy (non-hydrogen) atoms. The molecule has 3 heteroatoms. The van der Waals surface area contributed by atoms with Crippen LogP contribution in [0.5, 0.6) is 0 Å². The lowest BCUT2D eigenvalue weighted by molar-refractivity contribution is -0.137. The fourth-order valence-electron chi connectivity index (χ4n) is 3.14. The van der Waals surface area contributed by atoms with Gasteiger partial charge in [-0.2, -0.15) is 0 Å². The highest BCUT2D eigenvalue weighted by atomic mass is 16.5. The molecule has 3 nitrogen and oxygen atoms in total. The Balaban J connectivity index is 2.03. The number of esters is 1. The first-order valence-corrected chi connectivity index (χ1v) is 7.23. The van der Waals surface area contributed by atoms with Gasteiger partial charge in [-0.3, -0.25) is 0 Å². The van der Waals surface area contributed by atoms with Gasteiger partial charge in [-0.25, -0.2) is 4.79 Å². The molecule has 2 aliphatic rings. The molecule has 0 aromatic heterocycles. The molecule has 2 atom stereocenters. The van der Waals surface area contributed by atoms with Crippen LogP contribution in [0.25, 0.3) is 5.57 Å². The maximum absolute atomic E-state index is 12.1. The first-order chi connectivity index (χ1) is 10.2. The van der Waals surface area contributed by atoms with E-state index in [1.54, 1.807) is 0 Å². The number of carbonyl (C=O) groups excluding carboxylic acids is 1. The van der Waals surface area contributed by atoms with E-state index in [1.165, 1.54) is 7.11 Å². The minimum atomic E-state index is -0.271. The Kier molecular flexibility index (Phi) is 3.81. The van der Waals surface area contributed by atoms with Crippen molar-refractivity contribution >= 4 is 11.5 Å². The topological polar surface area (TPSA) is 35.5 Å². The van der Waals surface area contributed by atoms with Gasteiger partial charge in [-0.15, -0.1) is 5.92 Å². The summed E-state index contributed by atoms with van der Waals surface area (Å²) in [5.41, 5.74) is 3.81. The predicted octanol–water partition coefficient (Wildman–Crippen LogP) is 2.94. The van der Waals surface area contributed by atoms with Crippen molar-refractivity contribution in [2.24, 2.45) is 0 Å². The average Bonchev–Trinajstić information content (AvgIpc) is 2.89. The molecule has 1 saturated heterocycles. The van der Waals surface area contributed by atoms with E-state index in [1.807, 2.05) is 31.2 Å². The van der Waals surface area contributed by atoms with Gasteiger partial charge >= 0.3 is 5.97 Å². The summed E-state index contributed by atoms with van der Waals surface area (Å²) in [7, 11) is 1.42. The second-order valence-corrected chi connectivity index (χ2v) is 5.36. The minimum Gasteiger partial charge on any atom is -0.466 e. The Morgan fingerprint density at radius 3 is 2.71 bits per heavy atom. The number of hydrogen-bond donors (Lipinski definition) is 0. The highest BCUT2D eigenvalue weighted by Gasteiger charge is 2.39. The van der Waals surface area contributed by atoms with E-state index in [0.29, 0.717) is 5.57 Å². The van der Waals surface area contributed by atoms with Crippen LogP contribution in [0.15, 0.2) is 29.8 Å². The smallest absolute Gasteiger partial charge is 0.336 e. The van der Waals surface area contributed by atoms with Gasteiger partial charge in [0, 0.05) is 5.56 Å². The summed E-state index contributed by atoms with van der Waals surface area (Å²) in [6, 6.07) is 8.04. The maximum atomic E-state index is 12.1. The van der Waals surface area contributed by atoms with Crippen LogP contribution in [-0.4, -0.2) is 25.3 Å². The lowest BCUT2D eigenvalue weighted by Crippen LogP contribution is -2.26. The van der Waals surface area contributed by atoms with Crippen molar-refractivity contribution in [1.82, 2.24) is 0 Å². The van der Waals surface area contributed by atoms with Crippen LogP contribution in [0.2, 0.25) is 0 Å². The molecule has 0 amide bonds. The van der Waals surface area contributed by atoms with E-state index >= 15 is 0 Å². The van der Waals surface area contributed by atoms with Crippen LogP contribution in [0.4, 0.5) is 0 Å². The van der Waals surface area contributed by atoms with Crippen molar-refractivity contribution in [3.63, 3.8) is 0 Å². The molecular weight excluding hydrogens is 264 g/mol. The third-order valence-corrected chi connectivity index (χ3v) is 4.09. The van der Waals surface area contributed by atoms with Gasteiger partial charge in [0.1, 0.15) is 0 Å². The second-order valence-electron chi connectivity index (χ2n) is 5.36. The fourth-order valence-corrected chi connectivity index (χ4v) is 3.14.